The number of carbonyl (C=O) groups is 1. The van der Waals surface area contributed by atoms with Gasteiger partial charge in [-0.25, -0.2) is 9.78 Å². The molecule has 4 atom stereocenters. The molecule has 4 aromatic rings. The number of amides is 1. The van der Waals surface area contributed by atoms with Crippen LogP contribution in [0.1, 0.15) is 41.6 Å². The van der Waals surface area contributed by atoms with Crippen molar-refractivity contribution in [2.45, 2.75) is 45.1 Å². The number of hydrogen-bond donors (Lipinski definition) is 2. The van der Waals surface area contributed by atoms with E-state index in [-0.39, 0.29) is 31.3 Å². The van der Waals surface area contributed by atoms with E-state index in [2.05, 4.69) is 34.4 Å². The number of benzene rings is 3. The highest BCUT2D eigenvalue weighted by molar-refractivity contribution is 5.74. The highest BCUT2D eigenvalue weighted by Gasteiger charge is 2.38. The van der Waals surface area contributed by atoms with Crippen molar-refractivity contribution in [2.75, 3.05) is 6.61 Å². The topological polar surface area (TPSA) is 94.8 Å². The summed E-state index contributed by atoms with van der Waals surface area (Å²) < 4.78 is 20.2. The lowest BCUT2D eigenvalue weighted by Gasteiger charge is -2.41. The fourth-order valence-electron chi connectivity index (χ4n) is 4.83. The van der Waals surface area contributed by atoms with Crippen molar-refractivity contribution in [2.24, 2.45) is 5.92 Å². The minimum absolute atomic E-state index is 0.00337. The number of hydrogen-bond acceptors (Lipinski definition) is 6. The monoisotopic (exact) mass is 527 g/mol. The first kappa shape index (κ1) is 26.6. The highest BCUT2D eigenvalue weighted by Crippen LogP contribution is 2.42. The smallest absolute Gasteiger partial charge is 0.407 e. The van der Waals surface area contributed by atoms with Gasteiger partial charge in [0.1, 0.15) is 6.61 Å². The van der Waals surface area contributed by atoms with Crippen LogP contribution in [0.5, 0.6) is 0 Å². The van der Waals surface area contributed by atoms with E-state index in [1.54, 1.807) is 0 Å². The Morgan fingerprint density at radius 3 is 2.51 bits per heavy atom. The molecule has 5 rings (SSSR count). The number of fused-ring (bicyclic) bond motifs is 1. The molecule has 2 N–H and O–H groups in total. The van der Waals surface area contributed by atoms with Gasteiger partial charge in [0.05, 0.1) is 42.7 Å². The zero-order chi connectivity index (χ0) is 27.2. The van der Waals surface area contributed by atoms with Crippen LogP contribution in [0.25, 0.3) is 11.0 Å². The van der Waals surface area contributed by atoms with Gasteiger partial charge < -0.3 is 29.2 Å². The molecule has 0 bridgehead atoms. The Bertz CT molecular complexity index is 1400. The molecule has 1 aromatic heterocycles. The first-order valence-electron chi connectivity index (χ1n) is 13.1. The summed E-state index contributed by atoms with van der Waals surface area (Å²) in [5, 5.41) is 12.2. The molecule has 1 aliphatic rings. The average Bonchev–Trinajstić information content (AvgIpc) is 3.39. The molecule has 8 nitrogen and oxygen atoms in total. The van der Waals surface area contributed by atoms with E-state index < -0.39 is 12.4 Å². The van der Waals surface area contributed by atoms with Gasteiger partial charge in [-0.05, 0) is 28.8 Å². The molecule has 2 heterocycles. The maximum absolute atomic E-state index is 11.7. The quantitative estimate of drug-likeness (QED) is 0.282. The Morgan fingerprint density at radius 2 is 1.77 bits per heavy atom. The Kier molecular flexibility index (Phi) is 8.36. The zero-order valence-corrected chi connectivity index (χ0v) is 21.9. The van der Waals surface area contributed by atoms with Crippen molar-refractivity contribution >= 4 is 17.1 Å². The molecule has 0 spiro atoms. The van der Waals surface area contributed by atoms with E-state index in [0.717, 1.165) is 33.3 Å². The maximum atomic E-state index is 11.7. The molecule has 1 saturated heterocycles. The molecule has 1 aliphatic heterocycles. The fourth-order valence-corrected chi connectivity index (χ4v) is 4.83. The fraction of sp³-hybridized carbons (Fsp3) is 0.290. The van der Waals surface area contributed by atoms with Crippen molar-refractivity contribution in [3.05, 3.63) is 114 Å². The predicted octanol–water partition coefficient (Wildman–Crippen LogP) is 5.43. The summed E-state index contributed by atoms with van der Waals surface area (Å²) in [7, 11) is 0. The van der Waals surface area contributed by atoms with E-state index in [1.165, 1.54) is 6.08 Å². The largest absolute Gasteiger partial charge is 0.445 e. The number of para-hydroxylation sites is 2. The van der Waals surface area contributed by atoms with Crippen LogP contribution in [0.4, 0.5) is 4.79 Å². The van der Waals surface area contributed by atoms with Gasteiger partial charge in [0.25, 0.3) is 0 Å². The van der Waals surface area contributed by atoms with Gasteiger partial charge in [-0.1, -0.05) is 80.2 Å². The molecule has 202 valence electrons. The molecule has 39 heavy (non-hydrogen) atoms. The van der Waals surface area contributed by atoms with Gasteiger partial charge in [0.15, 0.2) is 6.29 Å². The number of imidazole rings is 1. The van der Waals surface area contributed by atoms with E-state index in [0.29, 0.717) is 13.1 Å². The number of aliphatic hydroxyl groups is 1. The Labute approximate surface area is 227 Å². The van der Waals surface area contributed by atoms with Crippen LogP contribution in [0, 0.1) is 5.92 Å². The van der Waals surface area contributed by atoms with Crippen LogP contribution in [-0.4, -0.2) is 33.5 Å². The maximum Gasteiger partial charge on any atom is 0.407 e. The predicted molar refractivity (Wildman–Crippen MR) is 148 cm³/mol. The Hall–Kier alpha value is -3.98. The van der Waals surface area contributed by atoms with Gasteiger partial charge >= 0.3 is 6.09 Å². The van der Waals surface area contributed by atoms with Gasteiger partial charge in [0.2, 0.25) is 0 Å². The summed E-state index contributed by atoms with van der Waals surface area (Å²) >= 11 is 0. The summed E-state index contributed by atoms with van der Waals surface area (Å²) in [5.74, 6) is 0.0486. The Morgan fingerprint density at radius 1 is 1.05 bits per heavy atom. The molecule has 1 amide bonds. The third-order valence-electron chi connectivity index (χ3n) is 7.05. The normalized spacial score (nSPS) is 21.0. The van der Waals surface area contributed by atoms with Gasteiger partial charge in [-0.15, -0.1) is 0 Å². The average molecular weight is 528 g/mol. The number of rotatable bonds is 9. The van der Waals surface area contributed by atoms with Crippen molar-refractivity contribution in [3.63, 3.8) is 0 Å². The van der Waals surface area contributed by atoms with Crippen LogP contribution in [0.15, 0.2) is 91.8 Å². The second-order valence-electron chi connectivity index (χ2n) is 9.69. The van der Waals surface area contributed by atoms with E-state index >= 15 is 0 Å². The van der Waals surface area contributed by atoms with Gasteiger partial charge in [-0.2, -0.15) is 0 Å². The second kappa shape index (κ2) is 12.3. The second-order valence-corrected chi connectivity index (χ2v) is 9.69. The molecule has 3 aromatic carbocycles. The van der Waals surface area contributed by atoms with Crippen molar-refractivity contribution < 1.29 is 24.1 Å². The lowest BCUT2D eigenvalue weighted by atomic mass is 9.90. The summed E-state index contributed by atoms with van der Waals surface area (Å²) in [6.45, 7) is 6.81. The number of aromatic nitrogens is 2. The van der Waals surface area contributed by atoms with Gasteiger partial charge in [0, 0.05) is 18.0 Å². The van der Waals surface area contributed by atoms with E-state index in [4.69, 9.17) is 14.2 Å². The van der Waals surface area contributed by atoms with E-state index in [9.17, 15) is 9.90 Å². The number of nitrogens with one attached hydrogen (secondary N) is 1. The van der Waals surface area contributed by atoms with Crippen LogP contribution >= 0.6 is 0 Å². The number of carbonyl (C=O) groups excluding carboxylic acids is 1. The third-order valence-corrected chi connectivity index (χ3v) is 7.05. The van der Waals surface area contributed by atoms with Crippen LogP contribution in [0.2, 0.25) is 0 Å². The molecule has 0 radical (unpaired) electrons. The Balaban J connectivity index is 1.37. The van der Waals surface area contributed by atoms with Crippen molar-refractivity contribution in [1.29, 1.82) is 0 Å². The van der Waals surface area contributed by atoms with Crippen LogP contribution < -0.4 is 5.32 Å². The van der Waals surface area contributed by atoms with Crippen LogP contribution in [0.3, 0.4) is 0 Å². The molecule has 0 aliphatic carbocycles. The highest BCUT2D eigenvalue weighted by atomic mass is 16.7. The van der Waals surface area contributed by atoms with Crippen molar-refractivity contribution in [1.82, 2.24) is 14.9 Å². The number of alkyl carbamates (subject to hydrolysis) is 1. The standard InChI is InChI=1S/C31H33N3O5/c1-3-16-37-31(36)32-17-22-8-14-25(15-9-22)30-38-28(18-34-20-33-26-6-4-5-7-27(26)34)21(2)29(39-30)24-12-10-23(19-35)11-13-24/h3-15,20-21,28-30,35H,1,16-19H2,2H3,(H,32,36). The molecule has 4 unspecified atom stereocenters. The molecule has 0 saturated carbocycles. The number of aliphatic hydroxyl groups excluding tert-OH is 1. The first-order chi connectivity index (χ1) is 19.1. The number of ether oxygens (including phenoxy) is 3. The van der Waals surface area contributed by atoms with Crippen molar-refractivity contribution in [3.8, 4) is 0 Å². The molecule has 1 fully saturated rings. The van der Waals surface area contributed by atoms with Gasteiger partial charge in [-0.3, -0.25) is 0 Å². The summed E-state index contributed by atoms with van der Waals surface area (Å²) in [6.07, 6.45) is 1.95. The minimum atomic E-state index is -0.580. The summed E-state index contributed by atoms with van der Waals surface area (Å²) in [6, 6.07) is 23.7. The molecule has 8 heteroatoms. The molecular formula is C31H33N3O5. The first-order valence-corrected chi connectivity index (χ1v) is 13.1. The van der Waals surface area contributed by atoms with E-state index in [1.807, 2.05) is 73.1 Å². The third kappa shape index (κ3) is 6.20. The lowest BCUT2D eigenvalue weighted by molar-refractivity contribution is -0.276. The SMILES string of the molecule is C=CCOC(=O)NCc1ccc(C2OC(Cn3cnc4ccccc43)C(C)C(c3ccc(CO)cc3)O2)cc1. The zero-order valence-electron chi connectivity index (χ0n) is 21.9. The summed E-state index contributed by atoms with van der Waals surface area (Å²) in [4.78, 5) is 16.3. The minimum Gasteiger partial charge on any atom is -0.445 e. The number of nitrogens with zero attached hydrogens (tertiary/aromatic N) is 2. The van der Waals surface area contributed by atoms with Crippen LogP contribution in [-0.2, 0) is 33.9 Å². The summed E-state index contributed by atoms with van der Waals surface area (Å²) in [5.41, 5.74) is 5.71. The lowest BCUT2D eigenvalue weighted by Crippen LogP contribution is -2.39. The molecular weight excluding hydrogens is 494 g/mol.